The van der Waals surface area contributed by atoms with Crippen molar-refractivity contribution in [1.82, 2.24) is 15.2 Å². The molecule has 9 nitrogen and oxygen atoms in total. The van der Waals surface area contributed by atoms with E-state index in [2.05, 4.69) is 17.2 Å². The Morgan fingerprint density at radius 3 is 2.82 bits per heavy atom. The van der Waals surface area contributed by atoms with Gasteiger partial charge in [0.05, 0.1) is 13.2 Å². The molecule has 2 aliphatic carbocycles. The quantitative estimate of drug-likeness (QED) is 0.488. The number of hydrogen-bond donors (Lipinski definition) is 3. The van der Waals surface area contributed by atoms with Crippen LogP contribution in [0.5, 0.6) is 5.75 Å². The zero-order valence-electron chi connectivity index (χ0n) is 22.1. The predicted octanol–water partition coefficient (Wildman–Crippen LogP) is 2.86. The molecule has 0 radical (unpaired) electrons. The lowest BCUT2D eigenvalue weighted by Gasteiger charge is -2.31. The molecule has 2 amide bonds. The normalized spacial score (nSPS) is 27.8. The third-order valence-corrected chi connectivity index (χ3v) is 8.90. The van der Waals surface area contributed by atoms with Crippen LogP contribution in [0.1, 0.15) is 62.4 Å². The van der Waals surface area contributed by atoms with Crippen molar-refractivity contribution in [2.75, 3.05) is 20.3 Å². The number of aliphatic hydroxyl groups is 1. The van der Waals surface area contributed by atoms with E-state index in [9.17, 15) is 24.3 Å². The first-order valence-corrected chi connectivity index (χ1v) is 13.7. The number of carbonyl (C=O) groups is 4. The summed E-state index contributed by atoms with van der Waals surface area (Å²) in [5.41, 5.74) is 1.15. The number of nitrogens with zero attached hydrogens (tertiary/aromatic N) is 1. The number of benzene rings is 1. The average molecular weight is 524 g/mol. The van der Waals surface area contributed by atoms with Gasteiger partial charge in [0.25, 0.3) is 5.91 Å². The van der Waals surface area contributed by atoms with Gasteiger partial charge in [-0.25, -0.2) is 0 Å². The van der Waals surface area contributed by atoms with E-state index in [0.29, 0.717) is 36.7 Å². The Kier molecular flexibility index (Phi) is 7.56. The SMILES string of the molecule is COc1cccc2[nH]c(C(=O)N3CC4CCCC4C3C(=O)NC(CC3CC(C)CCC3=O)C(=O)CO)cc12. The summed E-state index contributed by atoms with van der Waals surface area (Å²) in [6.07, 6.45) is 4.96. The summed E-state index contributed by atoms with van der Waals surface area (Å²) >= 11 is 0. The molecule has 1 aromatic carbocycles. The first-order chi connectivity index (χ1) is 18.3. The molecular formula is C29H37N3O6. The van der Waals surface area contributed by atoms with Crippen molar-refractivity contribution < 1.29 is 29.0 Å². The van der Waals surface area contributed by atoms with Crippen LogP contribution >= 0.6 is 0 Å². The van der Waals surface area contributed by atoms with Crippen LogP contribution in [0.25, 0.3) is 10.9 Å². The number of Topliss-reactive ketones (excluding diaryl/α,β-unsaturated/α-hetero) is 2. The Balaban J connectivity index is 1.38. The fourth-order valence-electron chi connectivity index (χ4n) is 6.90. The average Bonchev–Trinajstić information content (AvgIpc) is 3.63. The fourth-order valence-corrected chi connectivity index (χ4v) is 6.90. The molecule has 9 heteroatoms. The molecule has 5 rings (SSSR count). The minimum Gasteiger partial charge on any atom is -0.496 e. The second-order valence-corrected chi connectivity index (χ2v) is 11.3. The zero-order valence-corrected chi connectivity index (χ0v) is 22.1. The Morgan fingerprint density at radius 1 is 1.24 bits per heavy atom. The summed E-state index contributed by atoms with van der Waals surface area (Å²) < 4.78 is 5.43. The molecule has 204 valence electrons. The van der Waals surface area contributed by atoms with Crippen LogP contribution in [-0.4, -0.2) is 70.7 Å². The largest absolute Gasteiger partial charge is 0.496 e. The summed E-state index contributed by atoms with van der Waals surface area (Å²) in [6, 6.07) is 5.64. The van der Waals surface area contributed by atoms with Gasteiger partial charge in [0, 0.05) is 29.8 Å². The number of nitrogens with one attached hydrogen (secondary N) is 2. The molecule has 6 unspecified atom stereocenters. The molecule has 0 bridgehead atoms. The Morgan fingerprint density at radius 2 is 2.05 bits per heavy atom. The molecule has 2 aromatic rings. The molecule has 3 N–H and O–H groups in total. The van der Waals surface area contributed by atoms with Gasteiger partial charge in [0.15, 0.2) is 5.78 Å². The van der Waals surface area contributed by atoms with Gasteiger partial charge >= 0.3 is 0 Å². The number of ether oxygens (including phenoxy) is 1. The highest BCUT2D eigenvalue weighted by Crippen LogP contribution is 2.43. The molecule has 0 spiro atoms. The van der Waals surface area contributed by atoms with Crippen LogP contribution in [0, 0.1) is 23.7 Å². The van der Waals surface area contributed by atoms with Gasteiger partial charge in [-0.15, -0.1) is 0 Å². The van der Waals surface area contributed by atoms with Crippen molar-refractivity contribution in [3.05, 3.63) is 30.0 Å². The number of aromatic amines is 1. The van der Waals surface area contributed by atoms with Gasteiger partial charge in [0.2, 0.25) is 5.91 Å². The Hall–Kier alpha value is -3.20. The summed E-state index contributed by atoms with van der Waals surface area (Å²) in [7, 11) is 1.58. The van der Waals surface area contributed by atoms with E-state index in [0.717, 1.165) is 36.6 Å². The number of likely N-dealkylation sites (tertiary alicyclic amines) is 1. The van der Waals surface area contributed by atoms with Crippen molar-refractivity contribution in [3.63, 3.8) is 0 Å². The van der Waals surface area contributed by atoms with Gasteiger partial charge in [-0.3, -0.25) is 19.2 Å². The molecule has 6 atom stereocenters. The van der Waals surface area contributed by atoms with Crippen molar-refractivity contribution >= 4 is 34.3 Å². The van der Waals surface area contributed by atoms with Gasteiger partial charge in [-0.05, 0) is 68.1 Å². The number of methoxy groups -OCH3 is 1. The maximum atomic E-state index is 13.8. The number of H-pyrrole nitrogens is 1. The number of hydrogen-bond acceptors (Lipinski definition) is 6. The third-order valence-electron chi connectivity index (χ3n) is 8.90. The van der Waals surface area contributed by atoms with E-state index in [-0.39, 0.29) is 41.8 Å². The second kappa shape index (κ2) is 10.9. The number of aliphatic hydroxyl groups excluding tert-OH is 1. The molecular weight excluding hydrogens is 486 g/mol. The minimum atomic E-state index is -0.957. The standard InChI is InChI=1S/C29H37N3O6/c1-16-9-10-24(34)18(11-16)12-22(25(35)15-33)31-28(36)27-19-6-3-5-17(19)14-32(27)29(37)23-13-20-21(30-23)7-4-8-26(20)38-2/h4,7-8,13,16-19,22,27,30,33H,3,5-6,9-12,14-15H2,1-2H3,(H,31,36). The lowest BCUT2D eigenvalue weighted by Crippen LogP contribution is -2.54. The zero-order chi connectivity index (χ0) is 27.0. The van der Waals surface area contributed by atoms with Gasteiger partial charge < -0.3 is 25.0 Å². The van der Waals surface area contributed by atoms with E-state index in [1.54, 1.807) is 18.1 Å². The number of fused-ring (bicyclic) bond motifs is 2. The predicted molar refractivity (Wildman–Crippen MR) is 141 cm³/mol. The van der Waals surface area contributed by atoms with E-state index < -0.39 is 24.5 Å². The monoisotopic (exact) mass is 523 g/mol. The number of amides is 2. The number of aromatic nitrogens is 1. The number of ketones is 2. The smallest absolute Gasteiger partial charge is 0.271 e. The number of carbonyl (C=O) groups excluding carboxylic acids is 4. The van der Waals surface area contributed by atoms with E-state index >= 15 is 0 Å². The van der Waals surface area contributed by atoms with Crippen molar-refractivity contribution in [2.24, 2.45) is 23.7 Å². The maximum absolute atomic E-state index is 13.8. The molecule has 1 saturated heterocycles. The van der Waals surface area contributed by atoms with Crippen LogP contribution < -0.4 is 10.1 Å². The number of rotatable bonds is 8. The fraction of sp³-hybridized carbons (Fsp3) is 0.586. The lowest BCUT2D eigenvalue weighted by atomic mass is 9.78. The van der Waals surface area contributed by atoms with Crippen LogP contribution in [0.2, 0.25) is 0 Å². The van der Waals surface area contributed by atoms with Crippen molar-refractivity contribution in [2.45, 2.75) is 64.0 Å². The van der Waals surface area contributed by atoms with Gasteiger partial charge in [-0.1, -0.05) is 19.4 Å². The second-order valence-electron chi connectivity index (χ2n) is 11.3. The molecule has 2 saturated carbocycles. The molecule has 2 heterocycles. The van der Waals surface area contributed by atoms with Crippen LogP contribution in [0.15, 0.2) is 24.3 Å². The van der Waals surface area contributed by atoms with Gasteiger partial charge in [-0.2, -0.15) is 0 Å². The highest BCUT2D eigenvalue weighted by atomic mass is 16.5. The minimum absolute atomic E-state index is 0.0130. The van der Waals surface area contributed by atoms with Crippen molar-refractivity contribution in [1.29, 1.82) is 0 Å². The Labute approximate surface area is 222 Å². The van der Waals surface area contributed by atoms with E-state index in [1.165, 1.54) is 0 Å². The first kappa shape index (κ1) is 26.4. The highest BCUT2D eigenvalue weighted by molar-refractivity contribution is 6.02. The van der Waals surface area contributed by atoms with Crippen molar-refractivity contribution in [3.8, 4) is 5.75 Å². The molecule has 1 aliphatic heterocycles. The first-order valence-electron chi connectivity index (χ1n) is 13.7. The summed E-state index contributed by atoms with van der Waals surface area (Å²) in [6.45, 7) is 1.85. The molecule has 1 aromatic heterocycles. The highest BCUT2D eigenvalue weighted by Gasteiger charge is 2.50. The maximum Gasteiger partial charge on any atom is 0.271 e. The summed E-state index contributed by atoms with van der Waals surface area (Å²) in [5, 5.41) is 13.3. The molecule has 38 heavy (non-hydrogen) atoms. The molecule has 3 fully saturated rings. The Bertz CT molecular complexity index is 1240. The molecule has 3 aliphatic rings. The summed E-state index contributed by atoms with van der Waals surface area (Å²) in [5.74, 6) is -0.106. The van der Waals surface area contributed by atoms with Crippen LogP contribution in [0.3, 0.4) is 0 Å². The van der Waals surface area contributed by atoms with E-state index in [1.807, 2.05) is 18.2 Å². The van der Waals surface area contributed by atoms with Crippen LogP contribution in [-0.2, 0) is 14.4 Å². The topological polar surface area (TPSA) is 129 Å². The summed E-state index contributed by atoms with van der Waals surface area (Å²) in [4.78, 5) is 57.6. The third kappa shape index (κ3) is 4.96. The van der Waals surface area contributed by atoms with E-state index in [4.69, 9.17) is 4.74 Å². The van der Waals surface area contributed by atoms with Crippen LogP contribution in [0.4, 0.5) is 0 Å². The van der Waals surface area contributed by atoms with Gasteiger partial charge in [0.1, 0.15) is 29.9 Å². The lowest BCUT2D eigenvalue weighted by molar-refractivity contribution is -0.133.